The number of hydrogen-bond acceptors (Lipinski definition) is 4. The van der Waals surface area contributed by atoms with Crippen molar-refractivity contribution < 1.29 is 26.7 Å². The van der Waals surface area contributed by atoms with E-state index >= 15 is 0 Å². The minimum absolute atomic E-state index is 0.00152. The molecule has 1 amide bonds. The number of hydrogen-bond donors (Lipinski definition) is 2. The van der Waals surface area contributed by atoms with Crippen LogP contribution in [0.3, 0.4) is 0 Å². The van der Waals surface area contributed by atoms with Crippen molar-refractivity contribution in [2.24, 2.45) is 5.14 Å². The number of rotatable bonds is 7. The van der Waals surface area contributed by atoms with Gasteiger partial charge in [0, 0.05) is 6.54 Å². The Morgan fingerprint density at radius 2 is 1.76 bits per heavy atom. The smallest absolute Gasteiger partial charge is 0.387 e. The standard InChI is InChI=1S/C16H16F2N2O4S/c17-16(18)24-14-4-2-1-3-13(14)15(21)20-10-9-11-5-7-12(8-6-11)25(19,22)23/h1-8,16H,9-10H2,(H,20,21)(H2,19,22,23). The molecule has 0 aromatic heterocycles. The topological polar surface area (TPSA) is 98.5 Å². The summed E-state index contributed by atoms with van der Waals surface area (Å²) in [5, 5.41) is 7.61. The minimum atomic E-state index is -3.75. The second kappa shape index (κ2) is 8.04. The van der Waals surface area contributed by atoms with Gasteiger partial charge >= 0.3 is 6.61 Å². The maximum atomic E-state index is 12.3. The third-order valence-corrected chi connectivity index (χ3v) is 4.23. The predicted octanol–water partition coefficient (Wildman–Crippen LogP) is 1.91. The molecule has 0 spiro atoms. The second-order valence-electron chi connectivity index (χ2n) is 5.07. The van der Waals surface area contributed by atoms with E-state index in [0.717, 1.165) is 5.56 Å². The number of benzene rings is 2. The lowest BCUT2D eigenvalue weighted by molar-refractivity contribution is -0.0501. The molecule has 0 saturated carbocycles. The number of para-hydroxylation sites is 1. The molecule has 0 saturated heterocycles. The van der Waals surface area contributed by atoms with E-state index < -0.39 is 22.5 Å². The summed E-state index contributed by atoms with van der Waals surface area (Å²) < 4.78 is 51.3. The molecule has 0 bridgehead atoms. The second-order valence-corrected chi connectivity index (χ2v) is 6.63. The number of nitrogens with two attached hydrogens (primary N) is 1. The Morgan fingerprint density at radius 3 is 2.36 bits per heavy atom. The van der Waals surface area contributed by atoms with E-state index in [2.05, 4.69) is 10.1 Å². The number of sulfonamides is 1. The highest BCUT2D eigenvalue weighted by Crippen LogP contribution is 2.20. The highest BCUT2D eigenvalue weighted by Gasteiger charge is 2.15. The Bertz CT molecular complexity index is 839. The molecule has 9 heteroatoms. The van der Waals surface area contributed by atoms with E-state index in [1.807, 2.05) is 0 Å². The average molecular weight is 370 g/mol. The van der Waals surface area contributed by atoms with Crippen LogP contribution in [-0.2, 0) is 16.4 Å². The van der Waals surface area contributed by atoms with Crippen LogP contribution in [0.15, 0.2) is 53.4 Å². The van der Waals surface area contributed by atoms with Gasteiger partial charge in [0.1, 0.15) is 5.75 Å². The van der Waals surface area contributed by atoms with Gasteiger partial charge in [-0.3, -0.25) is 4.79 Å². The molecule has 0 radical (unpaired) electrons. The molecule has 0 atom stereocenters. The number of nitrogens with one attached hydrogen (secondary N) is 1. The van der Waals surface area contributed by atoms with Crippen LogP contribution < -0.4 is 15.2 Å². The van der Waals surface area contributed by atoms with Crippen molar-refractivity contribution in [1.82, 2.24) is 5.32 Å². The van der Waals surface area contributed by atoms with Gasteiger partial charge in [0.05, 0.1) is 10.5 Å². The summed E-state index contributed by atoms with van der Waals surface area (Å²) in [6, 6.07) is 11.6. The largest absolute Gasteiger partial charge is 0.434 e. The van der Waals surface area contributed by atoms with Crippen LogP contribution >= 0.6 is 0 Å². The van der Waals surface area contributed by atoms with E-state index in [1.165, 1.54) is 30.3 Å². The van der Waals surface area contributed by atoms with Crippen molar-refractivity contribution in [2.45, 2.75) is 17.9 Å². The molecule has 3 N–H and O–H groups in total. The number of alkyl halides is 2. The van der Waals surface area contributed by atoms with Crippen LogP contribution in [0.25, 0.3) is 0 Å². The molecule has 0 aliphatic rings. The number of ether oxygens (including phenoxy) is 1. The lowest BCUT2D eigenvalue weighted by Gasteiger charge is -2.11. The van der Waals surface area contributed by atoms with Crippen molar-refractivity contribution in [1.29, 1.82) is 0 Å². The summed E-state index contributed by atoms with van der Waals surface area (Å²) in [4.78, 5) is 12.1. The Labute approximate surface area is 143 Å². The SMILES string of the molecule is NS(=O)(=O)c1ccc(CCNC(=O)c2ccccc2OC(F)F)cc1. The van der Waals surface area contributed by atoms with Gasteiger partial charge < -0.3 is 10.1 Å². The maximum absolute atomic E-state index is 12.3. The third-order valence-electron chi connectivity index (χ3n) is 3.30. The van der Waals surface area contributed by atoms with Crippen LogP contribution in [0, 0.1) is 0 Å². The lowest BCUT2D eigenvalue weighted by atomic mass is 10.1. The molecule has 2 aromatic carbocycles. The van der Waals surface area contributed by atoms with Gasteiger partial charge in [0.15, 0.2) is 0 Å². The Balaban J connectivity index is 1.95. The number of carbonyl (C=O) groups excluding carboxylic acids is 1. The van der Waals surface area contributed by atoms with Crippen LogP contribution in [0.2, 0.25) is 0 Å². The predicted molar refractivity (Wildman–Crippen MR) is 86.9 cm³/mol. The molecule has 0 fully saturated rings. The van der Waals surface area contributed by atoms with Gasteiger partial charge in [0.25, 0.3) is 5.91 Å². The Hall–Kier alpha value is -2.52. The van der Waals surface area contributed by atoms with Crippen molar-refractivity contribution in [2.75, 3.05) is 6.54 Å². The molecule has 2 rings (SSSR count). The minimum Gasteiger partial charge on any atom is -0.434 e. The molecular formula is C16H16F2N2O4S. The molecule has 134 valence electrons. The zero-order valence-electron chi connectivity index (χ0n) is 13.0. The van der Waals surface area contributed by atoms with Gasteiger partial charge in [-0.25, -0.2) is 13.6 Å². The zero-order valence-corrected chi connectivity index (χ0v) is 13.8. The zero-order chi connectivity index (χ0) is 18.4. The van der Waals surface area contributed by atoms with E-state index in [1.54, 1.807) is 18.2 Å². The first-order valence-electron chi connectivity index (χ1n) is 7.21. The summed E-state index contributed by atoms with van der Waals surface area (Å²) >= 11 is 0. The number of halogens is 2. The van der Waals surface area contributed by atoms with Crippen LogP contribution in [0.1, 0.15) is 15.9 Å². The fourth-order valence-electron chi connectivity index (χ4n) is 2.11. The van der Waals surface area contributed by atoms with Crippen LogP contribution in [-0.4, -0.2) is 27.5 Å². The molecule has 25 heavy (non-hydrogen) atoms. The van der Waals surface area contributed by atoms with E-state index in [0.29, 0.717) is 6.42 Å². The molecule has 0 unspecified atom stereocenters. The normalized spacial score (nSPS) is 11.4. The van der Waals surface area contributed by atoms with Gasteiger partial charge in [-0.1, -0.05) is 24.3 Å². The molecule has 6 nitrogen and oxygen atoms in total. The summed E-state index contributed by atoms with van der Waals surface area (Å²) in [6.45, 7) is -2.79. The van der Waals surface area contributed by atoms with Crippen molar-refractivity contribution >= 4 is 15.9 Å². The summed E-state index contributed by atoms with van der Waals surface area (Å²) in [5.74, 6) is -0.745. The van der Waals surface area contributed by atoms with Crippen LogP contribution in [0.5, 0.6) is 5.75 Å². The quantitative estimate of drug-likeness (QED) is 0.778. The van der Waals surface area contributed by atoms with Crippen molar-refractivity contribution in [3.8, 4) is 5.75 Å². The van der Waals surface area contributed by atoms with Gasteiger partial charge in [0.2, 0.25) is 10.0 Å². The lowest BCUT2D eigenvalue weighted by Crippen LogP contribution is -2.26. The first-order chi connectivity index (χ1) is 11.8. The summed E-state index contributed by atoms with van der Waals surface area (Å²) in [5.41, 5.74) is 0.789. The number of carbonyl (C=O) groups is 1. The monoisotopic (exact) mass is 370 g/mol. The van der Waals surface area contributed by atoms with Crippen molar-refractivity contribution in [3.05, 3.63) is 59.7 Å². The number of amides is 1. The number of primary sulfonamides is 1. The van der Waals surface area contributed by atoms with E-state index in [9.17, 15) is 22.0 Å². The fourth-order valence-corrected chi connectivity index (χ4v) is 2.63. The Kier molecular flexibility index (Phi) is 6.05. The highest BCUT2D eigenvalue weighted by atomic mass is 32.2. The first-order valence-corrected chi connectivity index (χ1v) is 8.76. The van der Waals surface area contributed by atoms with Gasteiger partial charge in [-0.05, 0) is 36.2 Å². The Morgan fingerprint density at radius 1 is 1.12 bits per heavy atom. The molecule has 0 aliphatic carbocycles. The molecule has 0 aliphatic heterocycles. The highest BCUT2D eigenvalue weighted by molar-refractivity contribution is 7.89. The molecule has 0 heterocycles. The fraction of sp³-hybridized carbons (Fsp3) is 0.188. The van der Waals surface area contributed by atoms with E-state index in [-0.39, 0.29) is 22.8 Å². The summed E-state index contributed by atoms with van der Waals surface area (Å²) in [6.07, 6.45) is 0.425. The third kappa shape index (κ3) is 5.50. The first kappa shape index (κ1) is 18.8. The van der Waals surface area contributed by atoms with Gasteiger partial charge in [-0.2, -0.15) is 8.78 Å². The maximum Gasteiger partial charge on any atom is 0.387 e. The average Bonchev–Trinajstić information content (AvgIpc) is 2.54. The van der Waals surface area contributed by atoms with Crippen LogP contribution in [0.4, 0.5) is 8.78 Å². The molecule has 2 aromatic rings. The molecular weight excluding hydrogens is 354 g/mol. The van der Waals surface area contributed by atoms with E-state index in [4.69, 9.17) is 5.14 Å². The van der Waals surface area contributed by atoms with Crippen molar-refractivity contribution in [3.63, 3.8) is 0 Å². The van der Waals surface area contributed by atoms with Gasteiger partial charge in [-0.15, -0.1) is 0 Å². The summed E-state index contributed by atoms with van der Waals surface area (Å²) in [7, 11) is -3.75.